The van der Waals surface area contributed by atoms with Gasteiger partial charge in [-0.3, -0.25) is 19.4 Å². The Balaban J connectivity index is 1.59. The van der Waals surface area contributed by atoms with Crippen LogP contribution in [0.2, 0.25) is 0 Å². The number of carbonyl (C=O) groups excluding carboxylic acids is 3. The average Bonchev–Trinajstić information content (AvgIpc) is 3.10. The number of carbonyl (C=O) groups is 3. The highest BCUT2D eigenvalue weighted by molar-refractivity contribution is 5.96. The molecule has 7 heteroatoms. The number of pyridine rings is 1. The van der Waals surface area contributed by atoms with E-state index in [0.717, 1.165) is 24.9 Å². The second-order valence-corrected chi connectivity index (χ2v) is 6.50. The summed E-state index contributed by atoms with van der Waals surface area (Å²) in [5, 5.41) is 2.88. The number of nitrogens with zero attached hydrogens (tertiary/aromatic N) is 2. The van der Waals surface area contributed by atoms with Crippen molar-refractivity contribution in [2.24, 2.45) is 5.73 Å². The van der Waals surface area contributed by atoms with Crippen molar-refractivity contribution >= 4 is 17.7 Å². The molecule has 1 aliphatic heterocycles. The Hall–Kier alpha value is -3.22. The van der Waals surface area contributed by atoms with Gasteiger partial charge < -0.3 is 16.0 Å². The van der Waals surface area contributed by atoms with E-state index >= 15 is 0 Å². The lowest BCUT2D eigenvalue weighted by Gasteiger charge is -2.15. The molecule has 3 amide bonds. The summed E-state index contributed by atoms with van der Waals surface area (Å²) in [4.78, 5) is 41.1. The van der Waals surface area contributed by atoms with Crippen molar-refractivity contribution in [1.82, 2.24) is 15.2 Å². The molecule has 1 saturated heterocycles. The maximum absolute atomic E-state index is 12.4. The SMILES string of the molecule is NC(=O)c1cncc(-c2cccc(C(=O)NCCCN3CCCC3=O)c2)c1. The molecule has 3 rings (SSSR count). The number of aromatic nitrogens is 1. The van der Waals surface area contributed by atoms with Gasteiger partial charge in [0.1, 0.15) is 0 Å². The summed E-state index contributed by atoms with van der Waals surface area (Å²) in [6.07, 6.45) is 5.31. The second-order valence-electron chi connectivity index (χ2n) is 6.50. The number of amides is 3. The Kier molecular flexibility index (Phi) is 5.80. The summed E-state index contributed by atoms with van der Waals surface area (Å²) in [6.45, 7) is 1.99. The van der Waals surface area contributed by atoms with Gasteiger partial charge in [-0.25, -0.2) is 0 Å². The molecule has 0 radical (unpaired) electrons. The zero-order valence-electron chi connectivity index (χ0n) is 15.0. The van der Waals surface area contributed by atoms with Crippen LogP contribution in [0.4, 0.5) is 0 Å². The maximum atomic E-state index is 12.4. The van der Waals surface area contributed by atoms with Gasteiger partial charge in [0.15, 0.2) is 0 Å². The number of nitrogens with two attached hydrogens (primary N) is 1. The Labute approximate surface area is 157 Å². The molecule has 3 N–H and O–H groups in total. The number of hydrogen-bond donors (Lipinski definition) is 2. The van der Waals surface area contributed by atoms with Crippen LogP contribution in [0.25, 0.3) is 11.1 Å². The molecular formula is C20H22N4O3. The third-order valence-electron chi connectivity index (χ3n) is 4.54. The molecule has 0 aliphatic carbocycles. The van der Waals surface area contributed by atoms with Gasteiger partial charge in [-0.2, -0.15) is 0 Å². The van der Waals surface area contributed by atoms with Crippen LogP contribution in [0.15, 0.2) is 42.7 Å². The number of likely N-dealkylation sites (tertiary alicyclic amines) is 1. The van der Waals surface area contributed by atoms with Crippen LogP contribution in [0, 0.1) is 0 Å². The molecule has 2 heterocycles. The van der Waals surface area contributed by atoms with Crippen molar-refractivity contribution in [3.05, 3.63) is 53.9 Å². The molecule has 27 heavy (non-hydrogen) atoms. The molecule has 0 spiro atoms. The molecule has 0 bridgehead atoms. The molecule has 1 aromatic heterocycles. The highest BCUT2D eigenvalue weighted by Gasteiger charge is 2.19. The summed E-state index contributed by atoms with van der Waals surface area (Å²) in [7, 11) is 0. The van der Waals surface area contributed by atoms with Crippen LogP contribution in [-0.2, 0) is 4.79 Å². The van der Waals surface area contributed by atoms with Gasteiger partial charge >= 0.3 is 0 Å². The number of primary amides is 1. The van der Waals surface area contributed by atoms with E-state index in [1.807, 2.05) is 11.0 Å². The number of benzene rings is 1. The summed E-state index contributed by atoms with van der Waals surface area (Å²) in [5.41, 5.74) is 7.63. The molecule has 7 nitrogen and oxygen atoms in total. The zero-order valence-corrected chi connectivity index (χ0v) is 15.0. The third kappa shape index (κ3) is 4.69. The number of rotatable bonds is 7. The van der Waals surface area contributed by atoms with Gasteiger partial charge in [0.05, 0.1) is 5.56 Å². The molecule has 0 saturated carbocycles. The Morgan fingerprint density at radius 1 is 1.15 bits per heavy atom. The lowest BCUT2D eigenvalue weighted by molar-refractivity contribution is -0.127. The van der Waals surface area contributed by atoms with E-state index in [1.54, 1.807) is 30.5 Å². The fourth-order valence-corrected chi connectivity index (χ4v) is 3.09. The quantitative estimate of drug-likeness (QED) is 0.726. The summed E-state index contributed by atoms with van der Waals surface area (Å²) in [6, 6.07) is 8.76. The van der Waals surface area contributed by atoms with Gasteiger partial charge in [0.25, 0.3) is 5.91 Å². The van der Waals surface area contributed by atoms with Crippen LogP contribution in [0.1, 0.15) is 40.0 Å². The van der Waals surface area contributed by atoms with E-state index in [0.29, 0.717) is 36.2 Å². The Morgan fingerprint density at radius 2 is 1.96 bits per heavy atom. The fraction of sp³-hybridized carbons (Fsp3) is 0.300. The van der Waals surface area contributed by atoms with E-state index in [-0.39, 0.29) is 11.8 Å². The second kappa shape index (κ2) is 8.44. The standard InChI is InChI=1S/C20H22N4O3/c21-19(26)17-11-16(12-22-13-17)14-4-1-5-15(10-14)20(27)23-7-3-9-24-8-2-6-18(24)25/h1,4-5,10-13H,2-3,6-9H2,(H2,21,26)(H,23,27). The van der Waals surface area contributed by atoms with Gasteiger partial charge in [0, 0.05) is 49.6 Å². The molecule has 0 unspecified atom stereocenters. The fourth-order valence-electron chi connectivity index (χ4n) is 3.09. The van der Waals surface area contributed by atoms with E-state index in [9.17, 15) is 14.4 Å². The van der Waals surface area contributed by atoms with Crippen molar-refractivity contribution in [2.75, 3.05) is 19.6 Å². The highest BCUT2D eigenvalue weighted by Crippen LogP contribution is 2.20. The van der Waals surface area contributed by atoms with Crippen LogP contribution in [0.5, 0.6) is 0 Å². The van der Waals surface area contributed by atoms with Gasteiger partial charge in [-0.15, -0.1) is 0 Å². The molecular weight excluding hydrogens is 344 g/mol. The van der Waals surface area contributed by atoms with Crippen LogP contribution < -0.4 is 11.1 Å². The van der Waals surface area contributed by atoms with Crippen molar-refractivity contribution in [3.8, 4) is 11.1 Å². The lowest BCUT2D eigenvalue weighted by atomic mass is 10.0. The summed E-state index contributed by atoms with van der Waals surface area (Å²) < 4.78 is 0. The van der Waals surface area contributed by atoms with Crippen molar-refractivity contribution in [2.45, 2.75) is 19.3 Å². The van der Waals surface area contributed by atoms with E-state index in [4.69, 9.17) is 5.73 Å². The van der Waals surface area contributed by atoms with Gasteiger partial charge in [-0.05, 0) is 36.6 Å². The zero-order chi connectivity index (χ0) is 19.2. The minimum Gasteiger partial charge on any atom is -0.366 e. The summed E-state index contributed by atoms with van der Waals surface area (Å²) in [5.74, 6) is -0.529. The van der Waals surface area contributed by atoms with Gasteiger partial charge in [-0.1, -0.05) is 12.1 Å². The first kappa shape index (κ1) is 18.6. The minimum absolute atomic E-state index is 0.177. The molecule has 0 atom stereocenters. The first-order valence-electron chi connectivity index (χ1n) is 8.96. The first-order chi connectivity index (χ1) is 13.0. The molecule has 1 fully saturated rings. The predicted octanol–water partition coefficient (Wildman–Crippen LogP) is 1.59. The largest absolute Gasteiger partial charge is 0.366 e. The normalized spacial score (nSPS) is 13.6. The smallest absolute Gasteiger partial charge is 0.251 e. The monoisotopic (exact) mass is 366 g/mol. The molecule has 140 valence electrons. The lowest BCUT2D eigenvalue weighted by Crippen LogP contribution is -2.30. The van der Waals surface area contributed by atoms with E-state index in [1.165, 1.54) is 6.20 Å². The predicted molar refractivity (Wildman–Crippen MR) is 101 cm³/mol. The Morgan fingerprint density at radius 3 is 2.70 bits per heavy atom. The van der Waals surface area contributed by atoms with E-state index in [2.05, 4.69) is 10.3 Å². The van der Waals surface area contributed by atoms with Gasteiger partial charge in [0.2, 0.25) is 11.8 Å². The topological polar surface area (TPSA) is 105 Å². The molecule has 2 aromatic rings. The van der Waals surface area contributed by atoms with E-state index < -0.39 is 5.91 Å². The molecule has 1 aromatic carbocycles. The van der Waals surface area contributed by atoms with Crippen LogP contribution >= 0.6 is 0 Å². The highest BCUT2D eigenvalue weighted by atomic mass is 16.2. The minimum atomic E-state index is -0.547. The number of nitrogens with one attached hydrogen (secondary N) is 1. The average molecular weight is 366 g/mol. The molecule has 1 aliphatic rings. The summed E-state index contributed by atoms with van der Waals surface area (Å²) >= 11 is 0. The van der Waals surface area contributed by atoms with Crippen LogP contribution in [0.3, 0.4) is 0 Å². The van der Waals surface area contributed by atoms with Crippen molar-refractivity contribution in [1.29, 1.82) is 0 Å². The first-order valence-corrected chi connectivity index (χ1v) is 8.96. The number of hydrogen-bond acceptors (Lipinski definition) is 4. The van der Waals surface area contributed by atoms with Crippen molar-refractivity contribution in [3.63, 3.8) is 0 Å². The Bertz CT molecular complexity index is 866. The van der Waals surface area contributed by atoms with Crippen LogP contribution in [-0.4, -0.2) is 47.2 Å². The van der Waals surface area contributed by atoms with Crippen molar-refractivity contribution < 1.29 is 14.4 Å². The third-order valence-corrected chi connectivity index (χ3v) is 4.54. The maximum Gasteiger partial charge on any atom is 0.251 e.